The number of barbiturate groups is 3. The van der Waals surface area contributed by atoms with Gasteiger partial charge < -0.3 is 30.2 Å². The third kappa shape index (κ3) is 20.9. The van der Waals surface area contributed by atoms with Crippen LogP contribution in [-0.4, -0.2) is 159 Å². The molecule has 30 nitrogen and oxygen atoms in total. The summed E-state index contributed by atoms with van der Waals surface area (Å²) >= 11 is 0. The van der Waals surface area contributed by atoms with Crippen molar-refractivity contribution in [2.75, 3.05) is 59.1 Å². The highest BCUT2D eigenvalue weighted by Gasteiger charge is 2.43. The number of unbranched alkanes of at least 4 members (excludes halogenated alkanes) is 9. The first kappa shape index (κ1) is 70.2. The monoisotopic (exact) mass is 1290 g/mol. The zero-order chi connectivity index (χ0) is 66.7. The van der Waals surface area contributed by atoms with Gasteiger partial charge in [-0.25, -0.2) is 56.9 Å². The maximum absolute atomic E-state index is 13.8. The summed E-state index contributed by atoms with van der Waals surface area (Å²) in [7, 11) is 0. The third-order valence-electron chi connectivity index (χ3n) is 15.7. The molecule has 0 bridgehead atoms. The van der Waals surface area contributed by atoms with E-state index < -0.39 is 107 Å². The van der Waals surface area contributed by atoms with Gasteiger partial charge in [0.25, 0.3) is 0 Å². The molecule has 4 heterocycles. The highest BCUT2D eigenvalue weighted by atomic mass is 16.6. The van der Waals surface area contributed by atoms with Crippen molar-refractivity contribution in [1.82, 2.24) is 60.3 Å². The summed E-state index contributed by atoms with van der Waals surface area (Å²) in [5.74, 6) is -7.60. The van der Waals surface area contributed by atoms with Gasteiger partial charge in [0.2, 0.25) is 35.4 Å². The molecule has 3 aliphatic rings. The molecule has 0 spiro atoms. The largest absolute Gasteiger partial charge is 0.448 e. The van der Waals surface area contributed by atoms with Crippen LogP contribution in [-0.2, 0) is 81.9 Å². The lowest BCUT2D eigenvalue weighted by Gasteiger charge is -2.30. The third-order valence-corrected chi connectivity index (χ3v) is 15.7. The molecule has 7 rings (SSSR count). The van der Waals surface area contributed by atoms with Crippen LogP contribution in [0.2, 0.25) is 0 Å². The summed E-state index contributed by atoms with van der Waals surface area (Å²) in [6.45, 7) is -1.22. The number of rotatable bonds is 36. The van der Waals surface area contributed by atoms with E-state index in [1.165, 1.54) is 0 Å². The number of alkyl carbamates (subject to hydrolysis) is 3. The van der Waals surface area contributed by atoms with Crippen LogP contribution in [0.15, 0.2) is 105 Å². The van der Waals surface area contributed by atoms with Gasteiger partial charge in [0.05, 0.1) is 19.6 Å². The first-order chi connectivity index (χ1) is 44.9. The van der Waals surface area contributed by atoms with Gasteiger partial charge in [-0.15, -0.1) is 0 Å². The number of hydrogen-bond acceptors (Lipinski definition) is 18. The highest BCUT2D eigenvalue weighted by Crippen LogP contribution is 2.20. The van der Waals surface area contributed by atoms with E-state index in [1.54, 1.807) is 91.0 Å². The smallest absolute Gasteiger partial charge is 0.407 e. The molecule has 3 aromatic carbocycles. The van der Waals surface area contributed by atoms with Crippen LogP contribution in [0.5, 0.6) is 0 Å². The number of amides is 15. The summed E-state index contributed by atoms with van der Waals surface area (Å²) in [5.41, 5.74) is -0.121. The zero-order valence-electron chi connectivity index (χ0n) is 51.5. The molecule has 3 fully saturated rings. The topological polar surface area (TPSA) is 380 Å². The van der Waals surface area contributed by atoms with Crippen molar-refractivity contribution in [1.29, 1.82) is 0 Å². The van der Waals surface area contributed by atoms with E-state index in [-0.39, 0.29) is 98.0 Å². The van der Waals surface area contributed by atoms with E-state index in [2.05, 4.69) is 31.9 Å². The molecule has 30 heteroatoms. The van der Waals surface area contributed by atoms with Crippen LogP contribution in [0.1, 0.15) is 93.7 Å². The summed E-state index contributed by atoms with van der Waals surface area (Å²) < 4.78 is 18.6. The number of carbonyl (C=O) groups excluding carboxylic acids is 12. The van der Waals surface area contributed by atoms with Gasteiger partial charge >= 0.3 is 53.4 Å². The number of carbonyl (C=O) groups is 12. The number of nitrogens with zero attached hydrogens (tertiary/aromatic N) is 6. The Hall–Kier alpha value is -10.3. The van der Waals surface area contributed by atoms with Gasteiger partial charge in [-0.1, -0.05) is 130 Å². The van der Waals surface area contributed by atoms with Crippen molar-refractivity contribution in [3.63, 3.8) is 0 Å². The Kier molecular flexibility index (Phi) is 27.1. The number of ether oxygens (including phenoxy) is 3. The lowest BCUT2D eigenvalue weighted by molar-refractivity contribution is -0.144. The molecule has 3 atom stereocenters. The Morgan fingerprint density at radius 1 is 0.333 bits per heavy atom. The molecule has 15 amide bonds. The molecule has 0 aliphatic carbocycles. The molecule has 498 valence electrons. The van der Waals surface area contributed by atoms with Crippen LogP contribution in [0.3, 0.4) is 0 Å². The van der Waals surface area contributed by atoms with Crippen LogP contribution in [0.25, 0.3) is 0 Å². The van der Waals surface area contributed by atoms with Gasteiger partial charge in [-0.05, 0) is 74.5 Å². The first-order valence-electron chi connectivity index (χ1n) is 31.2. The van der Waals surface area contributed by atoms with Gasteiger partial charge in [0, 0.05) is 39.3 Å². The number of benzene rings is 3. The molecule has 1 aromatic heterocycles. The Bertz CT molecular complexity index is 3110. The van der Waals surface area contributed by atoms with Gasteiger partial charge in [0.1, 0.15) is 37.6 Å². The molecule has 3 aliphatic heterocycles. The standard InChI is InChI=1S/C63H78N12O18/c76-49-46(40-43-22-10-7-11-23-43)52(79)70(55(82)67-49)34-37-91-58(85)64-28-16-1-4-19-31-73-61(88)74(32-20-5-2-17-29-65-59(86)92-38-35-71-53(80)47(50(77)68-56(71)83)41-44-24-12-8-13-25-44)63(90)75(62(73)89)33-21-6-3-18-30-66-60(87)93-39-36-72-54(81)48(51(78)69-57(72)84)42-45-26-14-9-15-27-45/h7-15,22-27,46-48H,1-6,16-21,28-42H2,(H,64,85)(H,65,86)(H,66,87)(H,67,76,82)(H,68,77,83)(H,69,78,84). The summed E-state index contributed by atoms with van der Waals surface area (Å²) in [5, 5.41) is 14.3. The Labute approximate surface area is 534 Å². The lowest BCUT2D eigenvalue weighted by Crippen LogP contribution is -2.59. The molecule has 4 aromatic rings. The van der Waals surface area contributed by atoms with Crippen molar-refractivity contribution in [2.45, 2.75) is 116 Å². The molecule has 0 radical (unpaired) electrons. The summed E-state index contributed by atoms with van der Waals surface area (Å²) in [6, 6.07) is 23.8. The molecule has 3 saturated heterocycles. The maximum atomic E-state index is 13.8. The molecule has 93 heavy (non-hydrogen) atoms. The number of aromatic nitrogens is 3. The number of hydrogen-bond donors (Lipinski definition) is 6. The van der Waals surface area contributed by atoms with Gasteiger partial charge in [0.15, 0.2) is 0 Å². The zero-order valence-corrected chi connectivity index (χ0v) is 51.5. The fraction of sp³-hybridized carbons (Fsp3) is 0.476. The Morgan fingerprint density at radius 2 is 0.581 bits per heavy atom. The van der Waals surface area contributed by atoms with E-state index in [1.807, 2.05) is 0 Å². The summed E-state index contributed by atoms with van der Waals surface area (Å²) in [4.78, 5) is 195. The normalized spacial score (nSPS) is 16.6. The SMILES string of the molecule is O=C(NCCCCCCn1c(=O)n(CCCCCCNC(=O)OCCN2C(=O)NC(=O)C(Cc3ccccc3)C2=O)c(=O)n(CCCCCCNC(=O)OCCN2C(=O)NC(=O)C(Cc3ccccc3)C2=O)c1=O)OCCN1C(=O)NC(=O)C(Cc2ccccc2)C1=O. The predicted molar refractivity (Wildman–Crippen MR) is 329 cm³/mol. The highest BCUT2D eigenvalue weighted by molar-refractivity contribution is 6.17. The van der Waals surface area contributed by atoms with Gasteiger partial charge in [-0.2, -0.15) is 0 Å². The number of urea groups is 3. The minimum absolute atomic E-state index is 0.0104. The minimum Gasteiger partial charge on any atom is -0.448 e. The first-order valence-corrected chi connectivity index (χ1v) is 31.2. The minimum atomic E-state index is -1.12. The molecular weight excluding hydrogens is 1210 g/mol. The number of nitrogens with one attached hydrogen (secondary N) is 6. The second kappa shape index (κ2) is 35.9. The van der Waals surface area contributed by atoms with Crippen LogP contribution in [0, 0.1) is 17.8 Å². The predicted octanol–water partition coefficient (Wildman–Crippen LogP) is 2.84. The fourth-order valence-corrected chi connectivity index (χ4v) is 10.6. The molecule has 0 saturated carbocycles. The Balaban J connectivity index is 0.827. The maximum Gasteiger partial charge on any atom is 0.407 e. The van der Waals surface area contributed by atoms with Gasteiger partial charge in [-0.3, -0.25) is 59.4 Å². The average Bonchev–Trinajstić information content (AvgIpc) is 0.849. The van der Waals surface area contributed by atoms with E-state index >= 15 is 0 Å². The summed E-state index contributed by atoms with van der Waals surface area (Å²) in [6.07, 6.45) is 3.73. The second-order valence-corrected chi connectivity index (χ2v) is 22.3. The van der Waals surface area contributed by atoms with Crippen molar-refractivity contribution in [3.05, 3.63) is 139 Å². The number of imide groups is 6. The molecule has 3 unspecified atom stereocenters. The van der Waals surface area contributed by atoms with Crippen molar-refractivity contribution in [2.24, 2.45) is 17.8 Å². The average molecular weight is 1290 g/mol. The van der Waals surface area contributed by atoms with Crippen LogP contribution >= 0.6 is 0 Å². The lowest BCUT2D eigenvalue weighted by atomic mass is 9.95. The van der Waals surface area contributed by atoms with Crippen molar-refractivity contribution in [3.8, 4) is 0 Å². The van der Waals surface area contributed by atoms with E-state index in [0.29, 0.717) is 77.0 Å². The van der Waals surface area contributed by atoms with Crippen molar-refractivity contribution >= 4 is 71.8 Å². The molecule has 6 N–H and O–H groups in total. The van der Waals surface area contributed by atoms with E-state index in [4.69, 9.17) is 14.2 Å². The van der Waals surface area contributed by atoms with Crippen LogP contribution in [0.4, 0.5) is 28.8 Å². The second-order valence-electron chi connectivity index (χ2n) is 22.3. The van der Waals surface area contributed by atoms with Crippen LogP contribution < -0.4 is 49.0 Å². The fourth-order valence-electron chi connectivity index (χ4n) is 10.6. The van der Waals surface area contributed by atoms with E-state index in [9.17, 15) is 71.9 Å². The molecular formula is C63H78N12O18. The Morgan fingerprint density at radius 3 is 0.839 bits per heavy atom. The van der Waals surface area contributed by atoms with Crippen molar-refractivity contribution < 1.29 is 71.7 Å². The quantitative estimate of drug-likeness (QED) is 0.0217. The van der Waals surface area contributed by atoms with E-state index in [0.717, 1.165) is 45.1 Å².